The molecule has 1 rings (SSSR count). The Morgan fingerprint density at radius 3 is 1.80 bits per heavy atom. The monoisotopic (exact) mass is 301 g/mol. The first-order valence-electron chi connectivity index (χ1n) is 2.36. The Morgan fingerprint density at radius 2 is 1.50 bits per heavy atom. The van der Waals surface area contributed by atoms with Gasteiger partial charge in [0.05, 0.1) is 5.82 Å². The predicted octanol–water partition coefficient (Wildman–Crippen LogP) is 2.62. The van der Waals surface area contributed by atoms with Gasteiger partial charge in [-0.15, -0.1) is 24.0 Å². The summed E-state index contributed by atoms with van der Waals surface area (Å²) >= 11 is 0. The molecule has 10 heavy (non-hydrogen) atoms. The largest absolute Gasteiger partial charge is 0.209 e. The summed E-state index contributed by atoms with van der Waals surface area (Å²) in [6, 6.07) is 6.05. The fraction of sp³-hybridized carbons (Fsp3) is 0. The van der Waals surface area contributed by atoms with Crippen molar-refractivity contribution in [3.63, 3.8) is 0 Å². The molecule has 0 fully saturated rings. The molecule has 0 saturated heterocycles. The van der Waals surface area contributed by atoms with Crippen LogP contribution in [-0.4, -0.2) is 0 Å². The molecule has 0 nitrogen and oxygen atoms in total. The minimum absolute atomic E-state index is 0. The van der Waals surface area contributed by atoms with Gasteiger partial charge in [0.15, 0.2) is 0 Å². The van der Waals surface area contributed by atoms with Gasteiger partial charge in [-0.25, -0.2) is 4.39 Å². The van der Waals surface area contributed by atoms with E-state index in [9.17, 15) is 4.39 Å². The minimum atomic E-state index is -0.211. The molecule has 0 radical (unpaired) electrons. The molecule has 0 atom stereocenters. The van der Waals surface area contributed by atoms with Crippen LogP contribution in [-0.2, 0) is 19.5 Å². The van der Waals surface area contributed by atoms with Gasteiger partial charge in [0.1, 0.15) is 0 Å². The molecule has 0 heterocycles. The second kappa shape index (κ2) is 6.11. The van der Waals surface area contributed by atoms with Crippen LogP contribution in [0, 0.1) is 12.7 Å². The molecule has 0 aromatic heterocycles. The standard InChI is InChI=1S/C7H6F.HI.Zn/c1-6-2-4-7(8)5-3-6;;/h2-5H,1H2;1H;/q-1;;. The van der Waals surface area contributed by atoms with Gasteiger partial charge in [-0.1, -0.05) is 12.1 Å². The van der Waals surface area contributed by atoms with Crippen molar-refractivity contribution >= 4 is 24.0 Å². The van der Waals surface area contributed by atoms with Crippen LogP contribution in [0.15, 0.2) is 24.3 Å². The number of hydrogen-bond acceptors (Lipinski definition) is 0. The minimum Gasteiger partial charge on any atom is -0.209 e. The van der Waals surface area contributed by atoms with Crippen LogP contribution < -0.4 is 0 Å². The van der Waals surface area contributed by atoms with E-state index >= 15 is 0 Å². The van der Waals surface area contributed by atoms with Gasteiger partial charge in [0.25, 0.3) is 0 Å². The Morgan fingerprint density at radius 1 is 1.10 bits per heavy atom. The summed E-state index contributed by atoms with van der Waals surface area (Å²) in [6.45, 7) is 3.60. The summed E-state index contributed by atoms with van der Waals surface area (Å²) in [5, 5.41) is 0. The van der Waals surface area contributed by atoms with Gasteiger partial charge in [-0.3, -0.25) is 0 Å². The van der Waals surface area contributed by atoms with Gasteiger partial charge in [-0.2, -0.15) is 24.6 Å². The van der Waals surface area contributed by atoms with Gasteiger partial charge in [0, 0.05) is 19.5 Å². The smallest absolute Gasteiger partial charge is 0.0987 e. The molecule has 3 heteroatoms. The zero-order chi connectivity index (χ0) is 5.98. The molecule has 52 valence electrons. The molecule has 0 N–H and O–H groups in total. The third-order valence-electron chi connectivity index (χ3n) is 0.913. The van der Waals surface area contributed by atoms with Crippen LogP contribution in [0.4, 0.5) is 4.39 Å². The second-order valence-electron chi connectivity index (χ2n) is 1.63. The summed E-state index contributed by atoms with van der Waals surface area (Å²) in [7, 11) is 0. The van der Waals surface area contributed by atoms with Crippen LogP contribution in [0.1, 0.15) is 5.56 Å². The van der Waals surface area contributed by atoms with E-state index in [1.54, 1.807) is 12.1 Å². The van der Waals surface area contributed by atoms with Crippen molar-refractivity contribution in [2.45, 2.75) is 0 Å². The average Bonchev–Trinajstić information content (AvgIpc) is 1.77. The first-order chi connectivity index (χ1) is 3.79. The first-order valence-corrected chi connectivity index (χ1v) is 2.36. The molecule has 0 aliphatic rings. The maximum absolute atomic E-state index is 12.1. The van der Waals surface area contributed by atoms with Crippen LogP contribution in [0.3, 0.4) is 0 Å². The van der Waals surface area contributed by atoms with E-state index in [1.165, 1.54) is 12.1 Å². The Kier molecular flexibility index (Phi) is 7.94. The summed E-state index contributed by atoms with van der Waals surface area (Å²) in [5.74, 6) is -0.211. The molecule has 1 aromatic carbocycles. The van der Waals surface area contributed by atoms with Crippen molar-refractivity contribution in [2.75, 3.05) is 0 Å². The summed E-state index contributed by atoms with van der Waals surface area (Å²) in [4.78, 5) is 0. The maximum Gasteiger partial charge on any atom is 0.0987 e. The average molecular weight is 302 g/mol. The molecule has 0 saturated carbocycles. The molecule has 0 amide bonds. The molecule has 0 spiro atoms. The zero-order valence-corrected chi connectivity index (χ0v) is 10.8. The normalized spacial score (nSPS) is 7.30. The Bertz CT molecular complexity index is 152. The molecular formula is C7H7FIZn-. The van der Waals surface area contributed by atoms with E-state index in [1.807, 2.05) is 0 Å². The van der Waals surface area contributed by atoms with Gasteiger partial charge in [0.2, 0.25) is 0 Å². The van der Waals surface area contributed by atoms with Crippen molar-refractivity contribution in [3.8, 4) is 0 Å². The van der Waals surface area contributed by atoms with Gasteiger partial charge < -0.3 is 0 Å². The molecule has 0 aliphatic carbocycles. The SMILES string of the molecule is I.[CH2-]c1ccc(F)cc1.[Zn]. The summed E-state index contributed by atoms with van der Waals surface area (Å²) < 4.78 is 12.1. The topological polar surface area (TPSA) is 0 Å². The van der Waals surface area contributed by atoms with Crippen molar-refractivity contribution in [3.05, 3.63) is 42.6 Å². The number of hydrogen-bond donors (Lipinski definition) is 0. The van der Waals surface area contributed by atoms with E-state index in [0.29, 0.717) is 0 Å². The molecule has 0 aliphatic heterocycles. The van der Waals surface area contributed by atoms with Crippen LogP contribution in [0.25, 0.3) is 0 Å². The van der Waals surface area contributed by atoms with Crippen molar-refractivity contribution in [1.29, 1.82) is 0 Å². The van der Waals surface area contributed by atoms with Crippen molar-refractivity contribution < 1.29 is 23.9 Å². The van der Waals surface area contributed by atoms with Gasteiger partial charge in [-0.05, 0) is 0 Å². The van der Waals surface area contributed by atoms with E-state index in [0.717, 1.165) is 5.56 Å². The fourth-order valence-electron chi connectivity index (χ4n) is 0.484. The Hall–Kier alpha value is 0.373. The molecule has 0 bridgehead atoms. The first kappa shape index (κ1) is 13.0. The van der Waals surface area contributed by atoms with Crippen LogP contribution in [0.2, 0.25) is 0 Å². The van der Waals surface area contributed by atoms with Crippen molar-refractivity contribution in [1.82, 2.24) is 0 Å². The Labute approximate surface area is 90.0 Å². The van der Waals surface area contributed by atoms with E-state index in [2.05, 4.69) is 6.92 Å². The number of halogens is 2. The van der Waals surface area contributed by atoms with E-state index < -0.39 is 0 Å². The second-order valence-corrected chi connectivity index (χ2v) is 1.63. The maximum atomic E-state index is 12.1. The summed E-state index contributed by atoms with van der Waals surface area (Å²) in [6.07, 6.45) is 0. The fourth-order valence-corrected chi connectivity index (χ4v) is 0.484. The van der Waals surface area contributed by atoms with Crippen molar-refractivity contribution in [2.24, 2.45) is 0 Å². The number of benzene rings is 1. The molecular weight excluding hydrogens is 295 g/mol. The predicted molar refractivity (Wildman–Crippen MR) is 46.3 cm³/mol. The van der Waals surface area contributed by atoms with Crippen LogP contribution >= 0.6 is 24.0 Å². The van der Waals surface area contributed by atoms with E-state index in [-0.39, 0.29) is 49.3 Å². The van der Waals surface area contributed by atoms with Gasteiger partial charge >= 0.3 is 0 Å². The molecule has 0 unspecified atom stereocenters. The zero-order valence-electron chi connectivity index (χ0n) is 5.51. The Balaban J connectivity index is 0. The van der Waals surface area contributed by atoms with E-state index in [4.69, 9.17) is 0 Å². The third-order valence-corrected chi connectivity index (χ3v) is 0.913. The quantitative estimate of drug-likeness (QED) is 0.393. The summed E-state index contributed by atoms with van der Waals surface area (Å²) in [5.41, 5.74) is 0.839. The number of rotatable bonds is 0. The third kappa shape index (κ3) is 4.23. The molecule has 1 aromatic rings. The van der Waals surface area contributed by atoms with Crippen LogP contribution in [0.5, 0.6) is 0 Å².